The molecule has 3 nitrogen and oxygen atoms in total. The zero-order valence-corrected chi connectivity index (χ0v) is 7.72. The first-order valence-corrected chi connectivity index (χ1v) is 5.26. The Morgan fingerprint density at radius 2 is 2.33 bits per heavy atom. The van der Waals surface area contributed by atoms with Gasteiger partial charge >= 0.3 is 5.97 Å². The number of hydrogen-bond acceptors (Lipinski definition) is 3. The van der Waals surface area contributed by atoms with E-state index in [2.05, 4.69) is 0 Å². The number of hydrogen-bond donors (Lipinski definition) is 2. The predicted molar refractivity (Wildman–Crippen MR) is 48.3 cm³/mol. The van der Waals surface area contributed by atoms with Gasteiger partial charge < -0.3 is 10.2 Å². The summed E-state index contributed by atoms with van der Waals surface area (Å²) in [5.74, 6) is -0.388. The van der Waals surface area contributed by atoms with E-state index in [0.29, 0.717) is 0 Å². The maximum atomic E-state index is 10.7. The molecule has 70 valence electrons. The molecule has 1 heterocycles. The smallest absolute Gasteiger partial charge is 0.309 e. The summed E-state index contributed by atoms with van der Waals surface area (Å²) >= 11 is 1.68. The average molecular weight is 190 g/mol. The second-order valence-electron chi connectivity index (χ2n) is 3.03. The number of carbonyl (C=O) groups is 1. The van der Waals surface area contributed by atoms with Crippen LogP contribution in [0.25, 0.3) is 0 Å². The van der Waals surface area contributed by atoms with Crippen molar-refractivity contribution >= 4 is 17.7 Å². The van der Waals surface area contributed by atoms with Crippen molar-refractivity contribution in [2.75, 3.05) is 12.4 Å². The third-order valence-corrected chi connectivity index (χ3v) is 3.69. The molecule has 1 fully saturated rings. The second-order valence-corrected chi connectivity index (χ2v) is 4.38. The van der Waals surface area contributed by atoms with Gasteiger partial charge in [-0.3, -0.25) is 4.79 Å². The number of thioether (sulfide) groups is 1. The summed E-state index contributed by atoms with van der Waals surface area (Å²) in [6, 6.07) is 0. The van der Waals surface area contributed by atoms with Crippen molar-refractivity contribution in [1.82, 2.24) is 0 Å². The van der Waals surface area contributed by atoms with E-state index in [0.717, 1.165) is 18.6 Å². The summed E-state index contributed by atoms with van der Waals surface area (Å²) in [6.45, 7) is -0.229. The molecule has 2 N–H and O–H groups in total. The van der Waals surface area contributed by atoms with E-state index in [1.165, 1.54) is 6.42 Å². The van der Waals surface area contributed by atoms with Gasteiger partial charge in [-0.05, 0) is 18.6 Å². The van der Waals surface area contributed by atoms with Crippen molar-refractivity contribution in [3.8, 4) is 0 Å². The average Bonchev–Trinajstić information content (AvgIpc) is 2.07. The molecule has 0 bridgehead atoms. The lowest BCUT2D eigenvalue weighted by Crippen LogP contribution is -2.30. The normalized spacial score (nSPS) is 26.6. The number of carboxylic acids is 1. The lowest BCUT2D eigenvalue weighted by atomic mass is 10.0. The Kier molecular flexibility index (Phi) is 3.88. The van der Waals surface area contributed by atoms with Crippen LogP contribution in [0.2, 0.25) is 0 Å². The van der Waals surface area contributed by atoms with Crippen LogP contribution in [0.15, 0.2) is 0 Å². The Morgan fingerprint density at radius 1 is 1.58 bits per heavy atom. The zero-order valence-electron chi connectivity index (χ0n) is 6.90. The molecule has 1 saturated heterocycles. The van der Waals surface area contributed by atoms with Crippen LogP contribution in [0.5, 0.6) is 0 Å². The van der Waals surface area contributed by atoms with E-state index < -0.39 is 11.9 Å². The van der Waals surface area contributed by atoms with Crippen LogP contribution in [0, 0.1) is 5.92 Å². The number of rotatable bonds is 3. The Balaban J connectivity index is 2.46. The molecule has 1 rings (SSSR count). The lowest BCUT2D eigenvalue weighted by Gasteiger charge is -2.25. The molecule has 0 amide bonds. The van der Waals surface area contributed by atoms with E-state index in [4.69, 9.17) is 10.2 Å². The van der Waals surface area contributed by atoms with Gasteiger partial charge in [-0.15, -0.1) is 0 Å². The van der Waals surface area contributed by atoms with Gasteiger partial charge in [0, 0.05) is 5.25 Å². The highest BCUT2D eigenvalue weighted by molar-refractivity contribution is 8.00. The minimum atomic E-state index is -0.864. The van der Waals surface area contributed by atoms with Gasteiger partial charge in [-0.25, -0.2) is 0 Å². The lowest BCUT2D eigenvalue weighted by molar-refractivity contribution is -0.143. The monoisotopic (exact) mass is 190 g/mol. The molecule has 0 aliphatic carbocycles. The van der Waals surface area contributed by atoms with Crippen molar-refractivity contribution < 1.29 is 15.0 Å². The Bertz CT molecular complexity index is 154. The molecule has 1 aliphatic rings. The molecule has 4 heteroatoms. The summed E-state index contributed by atoms with van der Waals surface area (Å²) < 4.78 is 0. The number of aliphatic hydroxyl groups is 1. The van der Waals surface area contributed by atoms with Crippen LogP contribution in [0.3, 0.4) is 0 Å². The maximum Gasteiger partial charge on any atom is 0.309 e. The van der Waals surface area contributed by atoms with Gasteiger partial charge in [0.15, 0.2) is 0 Å². The Hall–Kier alpha value is -0.220. The van der Waals surface area contributed by atoms with E-state index in [1.54, 1.807) is 11.8 Å². The minimum Gasteiger partial charge on any atom is -0.481 e. The zero-order chi connectivity index (χ0) is 8.97. The number of aliphatic hydroxyl groups excluding tert-OH is 1. The second kappa shape index (κ2) is 4.72. The van der Waals surface area contributed by atoms with Crippen LogP contribution >= 0.6 is 11.8 Å². The van der Waals surface area contributed by atoms with Gasteiger partial charge in [-0.1, -0.05) is 6.42 Å². The fraction of sp³-hybridized carbons (Fsp3) is 0.875. The Labute approximate surface area is 76.2 Å². The quantitative estimate of drug-likeness (QED) is 0.696. The van der Waals surface area contributed by atoms with E-state index in [9.17, 15) is 4.79 Å². The fourth-order valence-corrected chi connectivity index (χ4v) is 2.88. The molecule has 2 unspecified atom stereocenters. The van der Waals surface area contributed by atoms with Gasteiger partial charge in [0.05, 0.1) is 12.5 Å². The van der Waals surface area contributed by atoms with Crippen LogP contribution < -0.4 is 0 Å². The molecule has 0 radical (unpaired) electrons. The highest BCUT2D eigenvalue weighted by Crippen LogP contribution is 2.30. The van der Waals surface area contributed by atoms with Gasteiger partial charge in [0.1, 0.15) is 0 Å². The van der Waals surface area contributed by atoms with Gasteiger partial charge in [0.25, 0.3) is 0 Å². The van der Waals surface area contributed by atoms with Gasteiger partial charge in [0.2, 0.25) is 0 Å². The third kappa shape index (κ3) is 2.38. The minimum absolute atomic E-state index is 0.126. The molecule has 1 aliphatic heterocycles. The molecule has 0 aromatic heterocycles. The summed E-state index contributed by atoms with van der Waals surface area (Å²) in [6.07, 6.45) is 3.21. The van der Waals surface area contributed by atoms with Crippen molar-refractivity contribution in [1.29, 1.82) is 0 Å². The van der Waals surface area contributed by atoms with E-state index >= 15 is 0 Å². The van der Waals surface area contributed by atoms with E-state index in [1.807, 2.05) is 0 Å². The summed E-state index contributed by atoms with van der Waals surface area (Å²) in [7, 11) is 0. The van der Waals surface area contributed by atoms with Gasteiger partial charge in [-0.2, -0.15) is 11.8 Å². The topological polar surface area (TPSA) is 57.5 Å². The molecule has 0 spiro atoms. The van der Waals surface area contributed by atoms with Crippen LogP contribution in [0.4, 0.5) is 0 Å². The SMILES string of the molecule is O=C(O)C(CO)C1CCCCS1. The number of carboxylic acid groups (broad SMARTS) is 1. The first-order chi connectivity index (χ1) is 5.75. The van der Waals surface area contributed by atoms with Crippen molar-refractivity contribution in [3.63, 3.8) is 0 Å². The molecule has 12 heavy (non-hydrogen) atoms. The first-order valence-electron chi connectivity index (χ1n) is 4.21. The molecular formula is C8H14O3S. The molecule has 0 aromatic carbocycles. The highest BCUT2D eigenvalue weighted by atomic mass is 32.2. The summed E-state index contributed by atoms with van der Waals surface area (Å²) in [5.41, 5.74) is 0. The predicted octanol–water partition coefficient (Wildman–Crippen LogP) is 0.965. The number of aliphatic carboxylic acids is 1. The molecular weight excluding hydrogens is 176 g/mol. The van der Waals surface area contributed by atoms with Crippen LogP contribution in [-0.2, 0) is 4.79 Å². The molecule has 0 aromatic rings. The van der Waals surface area contributed by atoms with E-state index in [-0.39, 0.29) is 11.9 Å². The Morgan fingerprint density at radius 3 is 2.75 bits per heavy atom. The summed E-state index contributed by atoms with van der Waals surface area (Å²) in [5, 5.41) is 17.7. The largest absolute Gasteiger partial charge is 0.481 e. The van der Waals surface area contributed by atoms with Crippen LogP contribution in [-0.4, -0.2) is 33.8 Å². The molecule has 0 saturated carbocycles. The van der Waals surface area contributed by atoms with Crippen molar-refractivity contribution in [2.24, 2.45) is 5.92 Å². The standard InChI is InChI=1S/C8H14O3S/c9-5-6(8(10)11)7-3-1-2-4-12-7/h6-7,9H,1-5H2,(H,10,11). The highest BCUT2D eigenvalue weighted by Gasteiger charge is 2.28. The first kappa shape index (κ1) is 9.86. The fourth-order valence-electron chi connectivity index (χ4n) is 1.44. The van der Waals surface area contributed by atoms with Crippen molar-refractivity contribution in [3.05, 3.63) is 0 Å². The third-order valence-electron chi connectivity index (χ3n) is 2.18. The molecule has 2 atom stereocenters. The maximum absolute atomic E-state index is 10.7. The summed E-state index contributed by atoms with van der Waals surface area (Å²) in [4.78, 5) is 10.7. The van der Waals surface area contributed by atoms with Crippen LogP contribution in [0.1, 0.15) is 19.3 Å². The van der Waals surface area contributed by atoms with Crippen molar-refractivity contribution in [2.45, 2.75) is 24.5 Å².